The average molecular weight is 216 g/mol. The van der Waals surface area contributed by atoms with E-state index in [2.05, 4.69) is 15.4 Å². The van der Waals surface area contributed by atoms with Gasteiger partial charge in [-0.25, -0.2) is 0 Å². The van der Waals surface area contributed by atoms with Crippen LogP contribution in [-0.4, -0.2) is 38.6 Å². The Hall–Kier alpha value is -1.10. The molecule has 5 nitrogen and oxygen atoms in total. The van der Waals surface area contributed by atoms with E-state index in [0.717, 1.165) is 0 Å². The Morgan fingerprint density at radius 2 is 1.93 bits per heavy atom. The summed E-state index contributed by atoms with van der Waals surface area (Å²) in [7, 11) is 3.00. The molecule has 0 saturated carbocycles. The van der Waals surface area contributed by atoms with E-state index < -0.39 is 6.04 Å². The maximum atomic E-state index is 11.4. The molecule has 0 heterocycles. The molecule has 0 aromatic rings. The van der Waals surface area contributed by atoms with Crippen LogP contribution < -0.4 is 10.6 Å². The van der Waals surface area contributed by atoms with E-state index >= 15 is 0 Å². The van der Waals surface area contributed by atoms with Crippen LogP contribution in [0, 0.1) is 5.92 Å². The summed E-state index contributed by atoms with van der Waals surface area (Å²) in [5.74, 6) is -0.102. The summed E-state index contributed by atoms with van der Waals surface area (Å²) in [6.45, 7) is 3.97. The predicted molar refractivity (Wildman–Crippen MR) is 57.3 cm³/mol. The molecule has 0 fully saturated rings. The zero-order valence-electron chi connectivity index (χ0n) is 9.79. The van der Waals surface area contributed by atoms with Crippen LogP contribution in [-0.2, 0) is 14.3 Å². The van der Waals surface area contributed by atoms with Gasteiger partial charge in [0.25, 0.3) is 0 Å². The quantitative estimate of drug-likeness (QED) is 0.652. The normalized spacial score (nSPS) is 12.3. The highest BCUT2D eigenvalue weighted by molar-refractivity contribution is 5.87. The van der Waals surface area contributed by atoms with E-state index in [1.54, 1.807) is 7.05 Å². The molecule has 0 aliphatic carbocycles. The summed E-state index contributed by atoms with van der Waals surface area (Å²) >= 11 is 0. The van der Waals surface area contributed by atoms with Crippen LogP contribution in [0.15, 0.2) is 0 Å². The number of ether oxygens (including phenoxy) is 1. The number of carbonyl (C=O) groups is 2. The summed E-state index contributed by atoms with van der Waals surface area (Å²) in [4.78, 5) is 22.7. The lowest BCUT2D eigenvalue weighted by atomic mass is 10.0. The summed E-state index contributed by atoms with van der Waals surface area (Å²) in [5.41, 5.74) is 0. The van der Waals surface area contributed by atoms with Crippen LogP contribution in [0.3, 0.4) is 0 Å². The Balaban J connectivity index is 4.24. The number of hydrogen-bond acceptors (Lipinski definition) is 3. The van der Waals surface area contributed by atoms with Crippen molar-refractivity contribution < 1.29 is 14.3 Å². The molecule has 0 aliphatic heterocycles. The second kappa shape index (κ2) is 7.23. The van der Waals surface area contributed by atoms with E-state index in [4.69, 9.17) is 0 Å². The van der Waals surface area contributed by atoms with Gasteiger partial charge in [0.15, 0.2) is 0 Å². The van der Waals surface area contributed by atoms with E-state index in [1.807, 2.05) is 13.8 Å². The molecule has 0 aromatic carbocycles. The number of hydrogen-bond donors (Lipinski definition) is 2. The summed E-state index contributed by atoms with van der Waals surface area (Å²) < 4.78 is 4.68. The fraction of sp³-hybridized carbons (Fsp3) is 0.800. The lowest BCUT2D eigenvalue weighted by molar-refractivity contribution is -0.131. The standard InChI is InChI=1S/C10H20N2O3/c1-7(2)5-8(10(14)11-3)12-9(13)6-15-4/h7-8H,5-6H2,1-4H3,(H,11,14)(H,12,13). The van der Waals surface area contributed by atoms with Crippen molar-refractivity contribution in [3.05, 3.63) is 0 Å². The molecule has 0 aromatic heterocycles. The Morgan fingerprint density at radius 1 is 1.33 bits per heavy atom. The predicted octanol–water partition coefficient (Wildman–Crippen LogP) is -0.0903. The van der Waals surface area contributed by atoms with Crippen molar-refractivity contribution in [3.63, 3.8) is 0 Å². The molecular formula is C10H20N2O3. The van der Waals surface area contributed by atoms with Gasteiger partial charge in [-0.3, -0.25) is 9.59 Å². The van der Waals surface area contributed by atoms with Gasteiger partial charge in [-0.05, 0) is 12.3 Å². The van der Waals surface area contributed by atoms with Crippen molar-refractivity contribution in [2.75, 3.05) is 20.8 Å². The lowest BCUT2D eigenvalue weighted by Crippen LogP contribution is -2.47. The SMILES string of the molecule is CNC(=O)C(CC(C)C)NC(=O)COC. The number of methoxy groups -OCH3 is 1. The van der Waals surface area contributed by atoms with E-state index in [9.17, 15) is 9.59 Å². The van der Waals surface area contributed by atoms with Gasteiger partial charge in [0.05, 0.1) is 0 Å². The van der Waals surface area contributed by atoms with Crippen LogP contribution >= 0.6 is 0 Å². The van der Waals surface area contributed by atoms with Crippen LogP contribution in [0.4, 0.5) is 0 Å². The summed E-state index contributed by atoms with van der Waals surface area (Å²) in [5, 5.41) is 5.15. The molecule has 2 amide bonds. The minimum absolute atomic E-state index is 0.0222. The Morgan fingerprint density at radius 3 is 2.33 bits per heavy atom. The van der Waals surface area contributed by atoms with Gasteiger partial charge in [-0.1, -0.05) is 13.8 Å². The maximum absolute atomic E-state index is 11.4. The van der Waals surface area contributed by atoms with Crippen molar-refractivity contribution in [3.8, 4) is 0 Å². The molecule has 1 unspecified atom stereocenters. The maximum Gasteiger partial charge on any atom is 0.246 e. The van der Waals surface area contributed by atoms with Crippen molar-refractivity contribution >= 4 is 11.8 Å². The average Bonchev–Trinajstić information content (AvgIpc) is 2.15. The van der Waals surface area contributed by atoms with E-state index in [0.29, 0.717) is 12.3 Å². The number of likely N-dealkylation sites (N-methyl/N-ethyl adjacent to an activating group) is 1. The molecule has 0 bridgehead atoms. The van der Waals surface area contributed by atoms with Gasteiger partial charge in [0.2, 0.25) is 11.8 Å². The first kappa shape index (κ1) is 13.9. The molecule has 88 valence electrons. The van der Waals surface area contributed by atoms with Gasteiger partial charge in [-0.15, -0.1) is 0 Å². The Labute approximate surface area is 90.6 Å². The van der Waals surface area contributed by atoms with Crippen molar-refractivity contribution in [1.29, 1.82) is 0 Å². The highest BCUT2D eigenvalue weighted by Crippen LogP contribution is 2.04. The third-order valence-corrected chi connectivity index (χ3v) is 1.88. The zero-order chi connectivity index (χ0) is 11.8. The van der Waals surface area contributed by atoms with Crippen LogP contribution in [0.25, 0.3) is 0 Å². The summed E-state index contributed by atoms with van der Waals surface area (Å²) in [6, 6.07) is -0.474. The van der Waals surface area contributed by atoms with Crippen LogP contribution in [0.5, 0.6) is 0 Å². The minimum Gasteiger partial charge on any atom is -0.375 e. The van der Waals surface area contributed by atoms with Gasteiger partial charge >= 0.3 is 0 Å². The van der Waals surface area contributed by atoms with Crippen LogP contribution in [0.1, 0.15) is 20.3 Å². The molecule has 1 atom stereocenters. The topological polar surface area (TPSA) is 67.4 Å². The van der Waals surface area contributed by atoms with Gasteiger partial charge in [0.1, 0.15) is 12.6 Å². The molecule has 0 radical (unpaired) electrons. The molecule has 15 heavy (non-hydrogen) atoms. The molecule has 0 saturated heterocycles. The number of amides is 2. The Kier molecular flexibility index (Phi) is 6.70. The first-order valence-corrected chi connectivity index (χ1v) is 5.01. The van der Waals surface area contributed by atoms with Crippen molar-refractivity contribution in [2.24, 2.45) is 5.92 Å². The largest absolute Gasteiger partial charge is 0.375 e. The van der Waals surface area contributed by atoms with Gasteiger partial charge < -0.3 is 15.4 Å². The van der Waals surface area contributed by atoms with Crippen molar-refractivity contribution in [2.45, 2.75) is 26.3 Å². The van der Waals surface area contributed by atoms with Crippen LogP contribution in [0.2, 0.25) is 0 Å². The number of nitrogens with one attached hydrogen (secondary N) is 2. The first-order chi connectivity index (χ1) is 7.01. The van der Waals surface area contributed by atoms with Crippen molar-refractivity contribution in [1.82, 2.24) is 10.6 Å². The zero-order valence-corrected chi connectivity index (χ0v) is 9.79. The third-order valence-electron chi connectivity index (χ3n) is 1.88. The Bertz CT molecular complexity index is 217. The van der Waals surface area contributed by atoms with Gasteiger partial charge in [0, 0.05) is 14.2 Å². The summed E-state index contributed by atoms with van der Waals surface area (Å²) in [6.07, 6.45) is 0.620. The molecule has 5 heteroatoms. The minimum atomic E-state index is -0.474. The van der Waals surface area contributed by atoms with E-state index in [-0.39, 0.29) is 18.4 Å². The lowest BCUT2D eigenvalue weighted by Gasteiger charge is -2.18. The third kappa shape index (κ3) is 6.06. The molecule has 0 rings (SSSR count). The van der Waals surface area contributed by atoms with E-state index in [1.165, 1.54) is 7.11 Å². The molecule has 0 aliphatic rings. The first-order valence-electron chi connectivity index (χ1n) is 5.01. The molecule has 0 spiro atoms. The number of carbonyl (C=O) groups excluding carboxylic acids is 2. The fourth-order valence-electron chi connectivity index (χ4n) is 1.24. The second-order valence-corrected chi connectivity index (χ2v) is 3.80. The highest BCUT2D eigenvalue weighted by Gasteiger charge is 2.20. The second-order valence-electron chi connectivity index (χ2n) is 3.80. The fourth-order valence-corrected chi connectivity index (χ4v) is 1.24. The molecular weight excluding hydrogens is 196 g/mol. The smallest absolute Gasteiger partial charge is 0.246 e. The van der Waals surface area contributed by atoms with Gasteiger partial charge in [-0.2, -0.15) is 0 Å². The molecule has 2 N–H and O–H groups in total. The monoisotopic (exact) mass is 216 g/mol. The number of rotatable bonds is 6. The highest BCUT2D eigenvalue weighted by atomic mass is 16.5.